The monoisotopic (exact) mass is 256 g/mol. The SMILES string of the molecule is CCC(C(=O)NCCCC1CCCC1)C(N)=S. The number of hydrogen-bond donors (Lipinski definition) is 2. The van der Waals surface area contributed by atoms with Crippen LogP contribution < -0.4 is 11.1 Å². The molecule has 17 heavy (non-hydrogen) atoms. The van der Waals surface area contributed by atoms with Crippen molar-refractivity contribution in [3.05, 3.63) is 0 Å². The van der Waals surface area contributed by atoms with Gasteiger partial charge in [-0.2, -0.15) is 0 Å². The Balaban J connectivity index is 2.12. The maximum absolute atomic E-state index is 11.7. The van der Waals surface area contributed by atoms with Gasteiger partial charge in [-0.1, -0.05) is 44.8 Å². The van der Waals surface area contributed by atoms with Crippen molar-refractivity contribution in [2.75, 3.05) is 6.54 Å². The van der Waals surface area contributed by atoms with Crippen molar-refractivity contribution in [3.8, 4) is 0 Å². The van der Waals surface area contributed by atoms with Crippen LogP contribution in [0, 0.1) is 11.8 Å². The number of thiocarbonyl (C=S) groups is 1. The van der Waals surface area contributed by atoms with Crippen LogP contribution in [0.15, 0.2) is 0 Å². The molecule has 1 saturated carbocycles. The Hall–Kier alpha value is -0.640. The zero-order chi connectivity index (χ0) is 12.7. The maximum atomic E-state index is 11.7. The summed E-state index contributed by atoms with van der Waals surface area (Å²) in [6, 6.07) is 0. The molecule has 1 rings (SSSR count). The van der Waals surface area contributed by atoms with Crippen LogP contribution in [-0.4, -0.2) is 17.4 Å². The van der Waals surface area contributed by atoms with E-state index in [0.717, 1.165) is 18.9 Å². The van der Waals surface area contributed by atoms with Crippen molar-refractivity contribution in [1.29, 1.82) is 0 Å². The highest BCUT2D eigenvalue weighted by Crippen LogP contribution is 2.28. The number of amides is 1. The van der Waals surface area contributed by atoms with E-state index < -0.39 is 0 Å². The van der Waals surface area contributed by atoms with Gasteiger partial charge in [-0.05, 0) is 25.2 Å². The molecule has 0 aromatic carbocycles. The second-order valence-electron chi connectivity index (χ2n) is 4.95. The predicted octanol–water partition coefficient (Wildman–Crippen LogP) is 2.39. The van der Waals surface area contributed by atoms with Gasteiger partial charge in [-0.3, -0.25) is 4.79 Å². The van der Waals surface area contributed by atoms with Crippen LogP contribution in [0.25, 0.3) is 0 Å². The molecular formula is C13H24N2OS. The van der Waals surface area contributed by atoms with Gasteiger partial charge in [0.15, 0.2) is 0 Å². The molecule has 0 aromatic heterocycles. The first kappa shape index (κ1) is 14.4. The van der Waals surface area contributed by atoms with Gasteiger partial charge in [-0.15, -0.1) is 0 Å². The van der Waals surface area contributed by atoms with Gasteiger partial charge >= 0.3 is 0 Å². The maximum Gasteiger partial charge on any atom is 0.229 e. The zero-order valence-corrected chi connectivity index (χ0v) is 11.5. The number of carbonyl (C=O) groups excluding carboxylic acids is 1. The van der Waals surface area contributed by atoms with E-state index in [0.29, 0.717) is 11.4 Å². The summed E-state index contributed by atoms with van der Waals surface area (Å²) in [6.07, 6.45) is 8.52. The van der Waals surface area contributed by atoms with Crippen LogP contribution in [0.4, 0.5) is 0 Å². The highest BCUT2D eigenvalue weighted by atomic mass is 32.1. The molecule has 4 heteroatoms. The van der Waals surface area contributed by atoms with E-state index in [1.165, 1.54) is 32.1 Å². The summed E-state index contributed by atoms with van der Waals surface area (Å²) in [4.78, 5) is 12.0. The van der Waals surface area contributed by atoms with Crippen molar-refractivity contribution in [2.24, 2.45) is 17.6 Å². The first-order valence-electron chi connectivity index (χ1n) is 6.72. The summed E-state index contributed by atoms with van der Waals surface area (Å²) in [5.74, 6) is 0.590. The lowest BCUT2D eigenvalue weighted by atomic mass is 10.0. The van der Waals surface area contributed by atoms with Crippen molar-refractivity contribution < 1.29 is 4.79 Å². The van der Waals surface area contributed by atoms with Gasteiger partial charge in [0.25, 0.3) is 0 Å². The minimum atomic E-state index is -0.295. The van der Waals surface area contributed by atoms with Crippen LogP contribution in [0.5, 0.6) is 0 Å². The van der Waals surface area contributed by atoms with E-state index in [1.807, 2.05) is 6.92 Å². The molecule has 0 aromatic rings. The molecule has 1 atom stereocenters. The molecular weight excluding hydrogens is 232 g/mol. The van der Waals surface area contributed by atoms with Gasteiger partial charge in [0, 0.05) is 6.54 Å². The predicted molar refractivity (Wildman–Crippen MR) is 74.8 cm³/mol. The number of hydrogen-bond acceptors (Lipinski definition) is 2. The number of nitrogens with one attached hydrogen (secondary N) is 1. The highest BCUT2D eigenvalue weighted by Gasteiger charge is 2.19. The fraction of sp³-hybridized carbons (Fsp3) is 0.846. The molecule has 3 N–H and O–H groups in total. The van der Waals surface area contributed by atoms with Crippen LogP contribution in [-0.2, 0) is 4.79 Å². The lowest BCUT2D eigenvalue weighted by molar-refractivity contribution is -0.123. The Kier molecular flexibility index (Phi) is 6.48. The van der Waals surface area contributed by atoms with E-state index in [4.69, 9.17) is 18.0 Å². The normalized spacial score (nSPS) is 17.9. The third-order valence-electron chi connectivity index (χ3n) is 3.63. The van der Waals surface area contributed by atoms with Gasteiger partial charge in [-0.25, -0.2) is 0 Å². The largest absolute Gasteiger partial charge is 0.393 e. The molecule has 0 aliphatic heterocycles. The van der Waals surface area contributed by atoms with Crippen LogP contribution in [0.3, 0.4) is 0 Å². The molecule has 0 spiro atoms. The Bertz CT molecular complexity index is 262. The van der Waals surface area contributed by atoms with Gasteiger partial charge < -0.3 is 11.1 Å². The number of rotatable bonds is 7. The molecule has 0 bridgehead atoms. The molecule has 1 unspecified atom stereocenters. The number of nitrogens with two attached hydrogens (primary N) is 1. The van der Waals surface area contributed by atoms with Crippen molar-refractivity contribution >= 4 is 23.1 Å². The number of carbonyl (C=O) groups is 1. The van der Waals surface area contributed by atoms with Crippen LogP contribution in [0.1, 0.15) is 51.9 Å². The quantitative estimate of drug-likeness (QED) is 0.543. The highest BCUT2D eigenvalue weighted by molar-refractivity contribution is 7.80. The van der Waals surface area contributed by atoms with E-state index >= 15 is 0 Å². The van der Waals surface area contributed by atoms with E-state index in [-0.39, 0.29) is 11.8 Å². The minimum absolute atomic E-state index is 0.00794. The topological polar surface area (TPSA) is 55.1 Å². The first-order chi connectivity index (χ1) is 8.15. The third-order valence-corrected chi connectivity index (χ3v) is 3.92. The Morgan fingerprint density at radius 1 is 1.47 bits per heavy atom. The molecule has 1 aliphatic rings. The van der Waals surface area contributed by atoms with Crippen molar-refractivity contribution in [2.45, 2.75) is 51.9 Å². The molecule has 0 saturated heterocycles. The standard InChI is InChI=1S/C13H24N2OS/c1-2-11(12(14)17)13(16)15-9-5-8-10-6-3-4-7-10/h10-11H,2-9H2,1H3,(H2,14,17)(H,15,16). The molecule has 3 nitrogen and oxygen atoms in total. The van der Waals surface area contributed by atoms with Crippen molar-refractivity contribution in [3.63, 3.8) is 0 Å². The lowest BCUT2D eigenvalue weighted by Crippen LogP contribution is -2.37. The molecule has 0 heterocycles. The molecule has 1 fully saturated rings. The third kappa shape index (κ3) is 5.02. The molecule has 1 amide bonds. The Morgan fingerprint density at radius 3 is 2.65 bits per heavy atom. The average Bonchev–Trinajstić information content (AvgIpc) is 2.77. The van der Waals surface area contributed by atoms with E-state index in [2.05, 4.69) is 5.32 Å². The zero-order valence-electron chi connectivity index (χ0n) is 10.7. The Morgan fingerprint density at radius 2 is 2.12 bits per heavy atom. The van der Waals surface area contributed by atoms with Crippen molar-refractivity contribution in [1.82, 2.24) is 5.32 Å². The Labute approximate surface area is 110 Å². The van der Waals surface area contributed by atoms with E-state index in [1.54, 1.807) is 0 Å². The summed E-state index contributed by atoms with van der Waals surface area (Å²) in [6.45, 7) is 2.69. The summed E-state index contributed by atoms with van der Waals surface area (Å²) >= 11 is 4.88. The first-order valence-corrected chi connectivity index (χ1v) is 7.13. The summed E-state index contributed by atoms with van der Waals surface area (Å²) in [7, 11) is 0. The lowest BCUT2D eigenvalue weighted by Gasteiger charge is -2.14. The average molecular weight is 256 g/mol. The fourth-order valence-electron chi connectivity index (χ4n) is 2.54. The summed E-state index contributed by atoms with van der Waals surface area (Å²) in [5, 5.41) is 2.93. The van der Waals surface area contributed by atoms with Crippen LogP contribution in [0.2, 0.25) is 0 Å². The molecule has 0 radical (unpaired) electrons. The summed E-state index contributed by atoms with van der Waals surface area (Å²) < 4.78 is 0. The fourth-order valence-corrected chi connectivity index (χ4v) is 2.81. The molecule has 1 aliphatic carbocycles. The van der Waals surface area contributed by atoms with Gasteiger partial charge in [0.1, 0.15) is 0 Å². The second kappa shape index (κ2) is 7.64. The summed E-state index contributed by atoms with van der Waals surface area (Å²) in [5.41, 5.74) is 5.52. The minimum Gasteiger partial charge on any atom is -0.393 e. The second-order valence-corrected chi connectivity index (χ2v) is 5.42. The smallest absolute Gasteiger partial charge is 0.229 e. The van der Waals surface area contributed by atoms with E-state index in [9.17, 15) is 4.79 Å². The van der Waals surface area contributed by atoms with Gasteiger partial charge in [0.05, 0.1) is 10.9 Å². The van der Waals surface area contributed by atoms with Crippen LogP contribution >= 0.6 is 12.2 Å². The van der Waals surface area contributed by atoms with Gasteiger partial charge in [0.2, 0.25) is 5.91 Å². The molecule has 98 valence electrons.